The maximum absolute atomic E-state index is 13.8. The molecule has 1 aliphatic heterocycles. The van der Waals surface area contributed by atoms with Crippen molar-refractivity contribution in [3.63, 3.8) is 0 Å². The number of allylic oxidation sites excluding steroid dienone is 3. The number of para-hydroxylation sites is 1. The van der Waals surface area contributed by atoms with Crippen molar-refractivity contribution in [1.29, 1.82) is 0 Å². The number of carbonyl (C=O) groups excluding carboxylic acids is 3. The van der Waals surface area contributed by atoms with Crippen molar-refractivity contribution in [2.75, 3.05) is 16.8 Å². The molecule has 0 saturated carbocycles. The van der Waals surface area contributed by atoms with Crippen molar-refractivity contribution >= 4 is 68.0 Å². The van der Waals surface area contributed by atoms with Gasteiger partial charge >= 0.3 is 0 Å². The first kappa shape index (κ1) is 30.1. The summed E-state index contributed by atoms with van der Waals surface area (Å²) in [7, 11) is 0. The van der Waals surface area contributed by atoms with Crippen LogP contribution in [0.2, 0.25) is 5.15 Å². The molecule has 0 bridgehead atoms. The highest BCUT2D eigenvalue weighted by Gasteiger charge is 2.28. The number of hydrogen-bond donors (Lipinski definition) is 2. The van der Waals surface area contributed by atoms with Gasteiger partial charge in [0.05, 0.1) is 21.8 Å². The average Bonchev–Trinajstić information content (AvgIpc) is 3.36. The van der Waals surface area contributed by atoms with E-state index >= 15 is 0 Å². The van der Waals surface area contributed by atoms with Gasteiger partial charge in [0, 0.05) is 38.9 Å². The van der Waals surface area contributed by atoms with Crippen molar-refractivity contribution in [3.8, 4) is 10.4 Å². The first-order valence-electron chi connectivity index (χ1n) is 12.9. The third-order valence-corrected chi connectivity index (χ3v) is 8.53. The fourth-order valence-corrected chi connectivity index (χ4v) is 6.21. The van der Waals surface area contributed by atoms with Gasteiger partial charge in [0.2, 0.25) is 0 Å². The Balaban J connectivity index is 1.36. The van der Waals surface area contributed by atoms with E-state index < -0.39 is 17.6 Å². The first-order chi connectivity index (χ1) is 20.7. The minimum Gasteiger partial charge on any atom is -0.322 e. The molecule has 2 aromatic heterocycles. The number of halogens is 3. The number of carbonyl (C=O) groups is 3. The Morgan fingerprint density at radius 2 is 1.84 bits per heavy atom. The van der Waals surface area contributed by atoms with E-state index in [2.05, 4.69) is 44.7 Å². The van der Waals surface area contributed by atoms with E-state index in [1.54, 1.807) is 41.3 Å². The molecule has 43 heavy (non-hydrogen) atoms. The van der Waals surface area contributed by atoms with Gasteiger partial charge < -0.3 is 15.5 Å². The van der Waals surface area contributed by atoms with E-state index in [1.807, 2.05) is 24.3 Å². The quantitative estimate of drug-likeness (QED) is 0.153. The van der Waals surface area contributed by atoms with Crippen molar-refractivity contribution in [2.24, 2.45) is 0 Å². The summed E-state index contributed by atoms with van der Waals surface area (Å²) in [6, 6.07) is 17.4. The summed E-state index contributed by atoms with van der Waals surface area (Å²) in [6.45, 7) is 7.16. The number of thiophene rings is 1. The Morgan fingerprint density at radius 3 is 2.56 bits per heavy atom. The summed E-state index contributed by atoms with van der Waals surface area (Å²) < 4.78 is 14.4. The Bertz CT molecular complexity index is 1820. The molecule has 7 nitrogen and oxygen atoms in total. The van der Waals surface area contributed by atoms with Crippen LogP contribution in [0.3, 0.4) is 0 Å². The van der Waals surface area contributed by atoms with Crippen LogP contribution in [0.1, 0.15) is 36.0 Å². The minimum atomic E-state index is -0.771. The normalized spacial score (nSPS) is 12.4. The van der Waals surface area contributed by atoms with Crippen LogP contribution in [-0.4, -0.2) is 29.3 Å². The molecule has 1 aliphatic rings. The van der Waals surface area contributed by atoms with Crippen LogP contribution < -0.4 is 15.5 Å². The second-order valence-corrected chi connectivity index (χ2v) is 11.7. The molecule has 11 heteroatoms. The topological polar surface area (TPSA) is 91.4 Å². The van der Waals surface area contributed by atoms with Gasteiger partial charge in [-0.1, -0.05) is 49.0 Å². The maximum Gasteiger partial charge on any atom is 0.265 e. The van der Waals surface area contributed by atoms with E-state index in [0.29, 0.717) is 39.3 Å². The van der Waals surface area contributed by atoms with E-state index in [9.17, 15) is 18.8 Å². The number of nitrogens with one attached hydrogen (secondary N) is 2. The van der Waals surface area contributed by atoms with E-state index in [0.717, 1.165) is 16.0 Å². The van der Waals surface area contributed by atoms with Crippen LogP contribution >= 0.6 is 38.9 Å². The number of nitrogens with zero attached hydrogens (tertiary/aromatic N) is 2. The minimum absolute atomic E-state index is 0.0553. The summed E-state index contributed by atoms with van der Waals surface area (Å²) >= 11 is 10.6. The highest BCUT2D eigenvalue weighted by Crippen LogP contribution is 2.42. The number of aromatic nitrogens is 1. The summed E-state index contributed by atoms with van der Waals surface area (Å²) in [5.74, 6) is -1.87. The van der Waals surface area contributed by atoms with Gasteiger partial charge in [-0.2, -0.15) is 0 Å². The van der Waals surface area contributed by atoms with Gasteiger partial charge in [-0.25, -0.2) is 9.37 Å². The van der Waals surface area contributed by atoms with E-state index in [-0.39, 0.29) is 22.3 Å². The van der Waals surface area contributed by atoms with Gasteiger partial charge in [0.1, 0.15) is 11.0 Å². The molecule has 0 fully saturated rings. The van der Waals surface area contributed by atoms with Crippen LogP contribution in [0.4, 0.5) is 15.8 Å². The van der Waals surface area contributed by atoms with E-state index in [4.69, 9.17) is 11.6 Å². The summed E-state index contributed by atoms with van der Waals surface area (Å²) in [5, 5.41) is 5.39. The van der Waals surface area contributed by atoms with Crippen LogP contribution in [0, 0.1) is 0 Å². The van der Waals surface area contributed by atoms with Gasteiger partial charge in [0.25, 0.3) is 17.7 Å². The fraction of sp³-hybridized carbons (Fsp3) is 0.0625. The molecule has 0 spiro atoms. The lowest BCUT2D eigenvalue weighted by Crippen LogP contribution is -2.32. The van der Waals surface area contributed by atoms with Gasteiger partial charge in [-0.3, -0.25) is 14.4 Å². The zero-order valence-corrected chi connectivity index (χ0v) is 25.7. The number of pyridine rings is 1. The lowest BCUT2D eigenvalue weighted by atomic mass is 10.1. The molecule has 3 heterocycles. The average molecular weight is 678 g/mol. The Kier molecular flexibility index (Phi) is 9.00. The third kappa shape index (κ3) is 6.51. The van der Waals surface area contributed by atoms with Gasteiger partial charge in [-0.15, -0.1) is 11.3 Å². The fourth-order valence-electron chi connectivity index (χ4n) is 4.55. The number of anilines is 2. The zero-order valence-electron chi connectivity index (χ0n) is 22.5. The van der Waals surface area contributed by atoms with Crippen LogP contribution in [0.25, 0.3) is 10.4 Å². The van der Waals surface area contributed by atoms with Crippen molar-refractivity contribution in [2.45, 2.75) is 6.42 Å². The molecule has 2 N–H and O–H groups in total. The second kappa shape index (κ2) is 12.9. The number of fused-ring (bicyclic) bond motifs is 3. The lowest BCUT2D eigenvalue weighted by Gasteiger charge is -2.23. The van der Waals surface area contributed by atoms with Gasteiger partial charge in [0.15, 0.2) is 0 Å². The van der Waals surface area contributed by atoms with Crippen molar-refractivity contribution < 1.29 is 18.8 Å². The Hall–Kier alpha value is -4.38. The molecule has 216 valence electrons. The molecule has 0 aliphatic carbocycles. The molecule has 0 atom stereocenters. The van der Waals surface area contributed by atoms with Gasteiger partial charge in [-0.05, 0) is 76.5 Å². The lowest BCUT2D eigenvalue weighted by molar-refractivity contribution is 0.0965. The molecular weight excluding hydrogens is 655 g/mol. The zero-order chi connectivity index (χ0) is 30.7. The molecular formula is C32H23BrClFN4O3S. The molecule has 3 amide bonds. The molecule has 2 aromatic carbocycles. The highest BCUT2D eigenvalue weighted by molar-refractivity contribution is 9.10. The summed E-state index contributed by atoms with van der Waals surface area (Å²) in [5.41, 5.74) is 3.51. The SMILES string of the molecule is C=C/C=C(/NC(=O)c1cc2c(s1)-c1ccccc1N(C(=O)c1ccc(NC(=O)c3cc(Br)cnc3Cl)cc1)CC2)C(=C)F. The summed E-state index contributed by atoms with van der Waals surface area (Å²) in [4.78, 5) is 46.3. The largest absolute Gasteiger partial charge is 0.322 e. The first-order valence-corrected chi connectivity index (χ1v) is 14.9. The monoisotopic (exact) mass is 676 g/mol. The summed E-state index contributed by atoms with van der Waals surface area (Å²) in [6.07, 6.45) is 4.71. The van der Waals surface area contributed by atoms with E-state index in [1.165, 1.54) is 29.7 Å². The molecule has 0 unspecified atom stereocenters. The third-order valence-electron chi connectivity index (χ3n) is 6.59. The molecule has 4 aromatic rings. The standard InChI is InChI=1S/C32H23BrClFN4O3S/c1-3-6-25(18(2)35)38-31(41)27-15-20-13-14-39(26-8-5-4-7-23(26)28(20)43-27)32(42)19-9-11-22(12-10-19)37-30(40)24-16-21(33)17-36-29(24)34/h3-12,15-17H,1-2,13-14H2,(H,37,40)(H,38,41)/b25-6+. The molecule has 5 rings (SSSR count). The molecule has 0 saturated heterocycles. The highest BCUT2D eigenvalue weighted by atomic mass is 79.9. The molecule has 0 radical (unpaired) electrons. The number of rotatable bonds is 7. The van der Waals surface area contributed by atoms with Crippen LogP contribution in [0.15, 0.2) is 108 Å². The number of hydrogen-bond acceptors (Lipinski definition) is 5. The second-order valence-electron chi connectivity index (χ2n) is 9.39. The Morgan fingerprint density at radius 1 is 1.09 bits per heavy atom. The smallest absolute Gasteiger partial charge is 0.265 e. The number of amides is 3. The maximum atomic E-state index is 13.8. The predicted octanol–water partition coefficient (Wildman–Crippen LogP) is 7.96. The van der Waals surface area contributed by atoms with Crippen LogP contribution in [0.5, 0.6) is 0 Å². The van der Waals surface area contributed by atoms with Crippen LogP contribution in [-0.2, 0) is 6.42 Å². The Labute approximate surface area is 264 Å². The van der Waals surface area contributed by atoms with Crippen molar-refractivity contribution in [3.05, 3.63) is 135 Å². The number of benzene rings is 2. The van der Waals surface area contributed by atoms with Crippen molar-refractivity contribution in [1.82, 2.24) is 10.3 Å². The predicted molar refractivity (Wildman–Crippen MR) is 172 cm³/mol.